The Morgan fingerprint density at radius 2 is 2.00 bits per heavy atom. The molecular formula is C9H8F2O4. The van der Waals surface area contributed by atoms with Crippen LogP contribution in [0.1, 0.15) is 11.7 Å². The van der Waals surface area contributed by atoms with Gasteiger partial charge in [-0.25, -0.2) is 13.6 Å². The van der Waals surface area contributed by atoms with Crippen LogP contribution < -0.4 is 4.74 Å². The smallest absolute Gasteiger partial charge is 0.337 e. The van der Waals surface area contributed by atoms with Crippen molar-refractivity contribution < 1.29 is 28.5 Å². The standard InChI is InChI=1S/C9H8F2O4/c1-15-7-3-5(10)4(2-6(7)11)8(12)9(13)14/h2-3,8,12H,1H3,(H,13,14)/t8-/m0/s1. The Morgan fingerprint density at radius 1 is 1.40 bits per heavy atom. The molecule has 0 unspecified atom stereocenters. The number of aliphatic hydroxyl groups is 1. The maximum atomic E-state index is 13.2. The summed E-state index contributed by atoms with van der Waals surface area (Å²) in [5.41, 5.74) is -0.638. The molecule has 0 saturated heterocycles. The molecule has 0 spiro atoms. The summed E-state index contributed by atoms with van der Waals surface area (Å²) in [4.78, 5) is 10.3. The minimum atomic E-state index is -2.09. The fourth-order valence-corrected chi connectivity index (χ4v) is 1.04. The maximum Gasteiger partial charge on any atom is 0.337 e. The van der Waals surface area contributed by atoms with Gasteiger partial charge in [0.1, 0.15) is 5.82 Å². The third-order valence-corrected chi connectivity index (χ3v) is 1.80. The van der Waals surface area contributed by atoms with Crippen LogP contribution in [0, 0.1) is 11.6 Å². The lowest BCUT2D eigenvalue weighted by Crippen LogP contribution is -2.12. The van der Waals surface area contributed by atoms with Gasteiger partial charge < -0.3 is 14.9 Å². The predicted molar refractivity (Wildman–Crippen MR) is 45.5 cm³/mol. The van der Waals surface area contributed by atoms with Gasteiger partial charge >= 0.3 is 5.97 Å². The minimum Gasteiger partial charge on any atom is -0.494 e. The predicted octanol–water partition coefficient (Wildman–Crippen LogP) is 1.09. The minimum absolute atomic E-state index is 0.353. The van der Waals surface area contributed by atoms with E-state index in [1.807, 2.05) is 0 Å². The van der Waals surface area contributed by atoms with Crippen LogP contribution in [-0.2, 0) is 4.79 Å². The molecule has 1 atom stereocenters. The molecule has 0 bridgehead atoms. The summed E-state index contributed by atoms with van der Waals surface area (Å²) in [5.74, 6) is -3.98. The van der Waals surface area contributed by atoms with Crippen LogP contribution in [0.3, 0.4) is 0 Å². The molecule has 0 aliphatic rings. The Morgan fingerprint density at radius 3 is 2.47 bits per heavy atom. The Labute approximate surface area is 83.7 Å². The molecule has 0 amide bonds. The molecule has 1 aromatic carbocycles. The number of hydrogen-bond donors (Lipinski definition) is 2. The highest BCUT2D eigenvalue weighted by molar-refractivity contribution is 5.74. The Kier molecular flexibility index (Phi) is 3.21. The van der Waals surface area contributed by atoms with Crippen molar-refractivity contribution in [3.05, 3.63) is 29.3 Å². The molecule has 82 valence electrons. The van der Waals surface area contributed by atoms with E-state index in [4.69, 9.17) is 10.2 Å². The van der Waals surface area contributed by atoms with Gasteiger partial charge in [0.2, 0.25) is 0 Å². The largest absolute Gasteiger partial charge is 0.494 e. The summed E-state index contributed by atoms with van der Waals surface area (Å²) in [6, 6.07) is 1.27. The van der Waals surface area contributed by atoms with Crippen molar-refractivity contribution >= 4 is 5.97 Å². The zero-order chi connectivity index (χ0) is 11.6. The van der Waals surface area contributed by atoms with E-state index < -0.39 is 29.3 Å². The van der Waals surface area contributed by atoms with Crippen molar-refractivity contribution in [3.63, 3.8) is 0 Å². The zero-order valence-corrected chi connectivity index (χ0v) is 7.70. The average molecular weight is 218 g/mol. The number of ether oxygens (including phenoxy) is 1. The van der Waals surface area contributed by atoms with Crippen LogP contribution in [0.2, 0.25) is 0 Å². The molecule has 0 aliphatic heterocycles. The monoisotopic (exact) mass is 218 g/mol. The molecule has 0 fully saturated rings. The second-order valence-electron chi connectivity index (χ2n) is 2.75. The lowest BCUT2D eigenvalue weighted by atomic mass is 10.1. The van der Waals surface area contributed by atoms with Crippen LogP contribution in [-0.4, -0.2) is 23.3 Å². The first-order valence-corrected chi connectivity index (χ1v) is 3.91. The molecule has 0 heterocycles. The summed E-state index contributed by atoms with van der Waals surface area (Å²) in [6.07, 6.45) is -2.09. The van der Waals surface area contributed by atoms with Crippen LogP contribution in [0.5, 0.6) is 5.75 Å². The second kappa shape index (κ2) is 4.22. The number of hydrogen-bond acceptors (Lipinski definition) is 3. The second-order valence-corrected chi connectivity index (χ2v) is 2.75. The molecule has 1 aromatic rings. The normalized spacial score (nSPS) is 12.3. The van der Waals surface area contributed by atoms with E-state index in [1.54, 1.807) is 0 Å². The number of carboxylic acids is 1. The maximum absolute atomic E-state index is 13.2. The first-order valence-electron chi connectivity index (χ1n) is 3.91. The number of benzene rings is 1. The van der Waals surface area contributed by atoms with E-state index >= 15 is 0 Å². The number of rotatable bonds is 3. The molecule has 0 radical (unpaired) electrons. The fraction of sp³-hybridized carbons (Fsp3) is 0.222. The van der Waals surface area contributed by atoms with Crippen molar-refractivity contribution in [3.8, 4) is 5.75 Å². The van der Waals surface area contributed by atoms with Gasteiger partial charge in [-0.2, -0.15) is 0 Å². The van der Waals surface area contributed by atoms with E-state index in [2.05, 4.69) is 4.74 Å². The highest BCUT2D eigenvalue weighted by Gasteiger charge is 2.22. The number of carbonyl (C=O) groups is 1. The average Bonchev–Trinajstić information content (AvgIpc) is 2.19. The van der Waals surface area contributed by atoms with Crippen LogP contribution in [0.4, 0.5) is 8.78 Å². The summed E-state index contributed by atoms with van der Waals surface area (Å²) >= 11 is 0. The van der Waals surface area contributed by atoms with Gasteiger partial charge in [0.05, 0.1) is 7.11 Å². The van der Waals surface area contributed by atoms with Crippen LogP contribution >= 0.6 is 0 Å². The molecule has 0 aliphatic carbocycles. The Balaban J connectivity index is 3.21. The molecule has 15 heavy (non-hydrogen) atoms. The zero-order valence-electron chi connectivity index (χ0n) is 7.70. The van der Waals surface area contributed by atoms with Crippen molar-refractivity contribution in [1.29, 1.82) is 0 Å². The number of methoxy groups -OCH3 is 1. The van der Waals surface area contributed by atoms with Crippen LogP contribution in [0.15, 0.2) is 12.1 Å². The molecule has 2 N–H and O–H groups in total. The van der Waals surface area contributed by atoms with E-state index in [0.717, 1.165) is 7.11 Å². The van der Waals surface area contributed by atoms with Gasteiger partial charge in [-0.3, -0.25) is 0 Å². The molecule has 1 rings (SSSR count). The highest BCUT2D eigenvalue weighted by atomic mass is 19.1. The van der Waals surface area contributed by atoms with Crippen molar-refractivity contribution in [2.45, 2.75) is 6.10 Å². The Bertz CT molecular complexity index is 392. The van der Waals surface area contributed by atoms with Gasteiger partial charge in [0, 0.05) is 11.6 Å². The summed E-state index contributed by atoms with van der Waals surface area (Å²) < 4.78 is 30.7. The number of aliphatic carboxylic acids is 1. The number of aliphatic hydroxyl groups excluding tert-OH is 1. The summed E-state index contributed by atoms with van der Waals surface area (Å²) in [5, 5.41) is 17.4. The molecule has 6 heteroatoms. The summed E-state index contributed by atoms with van der Waals surface area (Å²) in [7, 11) is 1.14. The first-order chi connectivity index (χ1) is 6.97. The third-order valence-electron chi connectivity index (χ3n) is 1.80. The number of carboxylic acid groups (broad SMARTS) is 1. The molecule has 0 saturated carbocycles. The van der Waals surface area contributed by atoms with E-state index in [9.17, 15) is 13.6 Å². The quantitative estimate of drug-likeness (QED) is 0.796. The lowest BCUT2D eigenvalue weighted by Gasteiger charge is -2.09. The first kappa shape index (κ1) is 11.4. The van der Waals surface area contributed by atoms with E-state index in [1.165, 1.54) is 0 Å². The molecular weight excluding hydrogens is 210 g/mol. The topological polar surface area (TPSA) is 66.8 Å². The van der Waals surface area contributed by atoms with E-state index in [0.29, 0.717) is 12.1 Å². The lowest BCUT2D eigenvalue weighted by molar-refractivity contribution is -0.147. The number of halogens is 2. The van der Waals surface area contributed by atoms with Crippen molar-refractivity contribution in [2.75, 3.05) is 7.11 Å². The third kappa shape index (κ3) is 2.21. The van der Waals surface area contributed by atoms with Gasteiger partial charge in [-0.1, -0.05) is 0 Å². The van der Waals surface area contributed by atoms with Gasteiger partial charge in [0.15, 0.2) is 17.7 Å². The van der Waals surface area contributed by atoms with Gasteiger partial charge in [0.25, 0.3) is 0 Å². The molecule has 0 aromatic heterocycles. The van der Waals surface area contributed by atoms with Crippen LogP contribution in [0.25, 0.3) is 0 Å². The van der Waals surface area contributed by atoms with Crippen molar-refractivity contribution in [2.24, 2.45) is 0 Å². The van der Waals surface area contributed by atoms with Gasteiger partial charge in [-0.05, 0) is 6.07 Å². The fourth-order valence-electron chi connectivity index (χ4n) is 1.04. The van der Waals surface area contributed by atoms with E-state index in [-0.39, 0.29) is 5.75 Å². The van der Waals surface area contributed by atoms with Crippen molar-refractivity contribution in [1.82, 2.24) is 0 Å². The molecule has 4 nitrogen and oxygen atoms in total. The Hall–Kier alpha value is -1.69. The van der Waals surface area contributed by atoms with Gasteiger partial charge in [-0.15, -0.1) is 0 Å². The SMILES string of the molecule is COc1cc(F)c([C@H](O)C(=O)O)cc1F. The highest BCUT2D eigenvalue weighted by Crippen LogP contribution is 2.25. The summed E-state index contributed by atoms with van der Waals surface area (Å²) in [6.45, 7) is 0.